The van der Waals surface area contributed by atoms with Crippen LogP contribution in [0.5, 0.6) is 0 Å². The molecule has 0 spiro atoms. The third-order valence-electron chi connectivity index (χ3n) is 6.64. The number of hydrogen-bond acceptors (Lipinski definition) is 7. The van der Waals surface area contributed by atoms with Crippen LogP contribution < -0.4 is 15.5 Å². The number of nitrogens with zero attached hydrogens (tertiary/aromatic N) is 3. The van der Waals surface area contributed by atoms with Gasteiger partial charge in [0, 0.05) is 42.4 Å². The molecule has 6 rings (SSSR count). The van der Waals surface area contributed by atoms with E-state index in [4.69, 9.17) is 17.3 Å². The SMILES string of the molecule is Nc1nccs1.O=C1[C@@H](N2CCc3c(-c4ccc(F)c(Cl)c4)cccc32)CCN1c1ccc(S(=O)[O-])cc1.[HH]. The fourth-order valence-corrected chi connectivity index (χ4v) is 5.82. The molecule has 4 aromatic rings. The lowest BCUT2D eigenvalue weighted by Gasteiger charge is -2.26. The summed E-state index contributed by atoms with van der Waals surface area (Å²) in [6.45, 7) is 1.29. The fraction of sp³-hybridized carbons (Fsp3) is 0.185. The first-order valence-corrected chi connectivity index (χ1v) is 14.2. The lowest BCUT2D eigenvalue weighted by Crippen LogP contribution is -2.41. The van der Waals surface area contributed by atoms with E-state index in [0.717, 1.165) is 35.3 Å². The lowest BCUT2D eigenvalue weighted by atomic mass is 9.98. The maximum atomic E-state index is 13.6. The van der Waals surface area contributed by atoms with Crippen molar-refractivity contribution in [3.63, 3.8) is 0 Å². The molecule has 3 aromatic carbocycles. The molecule has 0 bridgehead atoms. The summed E-state index contributed by atoms with van der Waals surface area (Å²) in [5.74, 6) is -0.445. The number of aromatic nitrogens is 1. The van der Waals surface area contributed by atoms with Crippen LogP contribution in [0.2, 0.25) is 5.02 Å². The van der Waals surface area contributed by atoms with Gasteiger partial charge in [-0.3, -0.25) is 9.00 Å². The maximum absolute atomic E-state index is 13.6. The molecule has 2 aliphatic rings. The molecule has 0 aliphatic carbocycles. The minimum Gasteiger partial charge on any atom is -0.768 e. The van der Waals surface area contributed by atoms with Crippen LogP contribution in [0.1, 0.15) is 13.4 Å². The second kappa shape index (κ2) is 11.2. The van der Waals surface area contributed by atoms with Gasteiger partial charge < -0.3 is 20.1 Å². The van der Waals surface area contributed by atoms with Crippen molar-refractivity contribution < 1.29 is 19.4 Å². The number of carbonyl (C=O) groups excluding carboxylic acids is 1. The third-order valence-corrected chi connectivity index (χ3v) is 8.19. The molecule has 38 heavy (non-hydrogen) atoms. The molecule has 3 heterocycles. The zero-order valence-electron chi connectivity index (χ0n) is 20.1. The van der Waals surface area contributed by atoms with E-state index in [1.807, 2.05) is 23.6 Å². The largest absolute Gasteiger partial charge is 0.768 e. The number of rotatable bonds is 4. The van der Waals surface area contributed by atoms with Crippen LogP contribution >= 0.6 is 22.9 Å². The van der Waals surface area contributed by atoms with Crippen molar-refractivity contribution in [2.45, 2.75) is 23.8 Å². The normalized spacial score (nSPS) is 17.2. The van der Waals surface area contributed by atoms with E-state index in [9.17, 15) is 17.9 Å². The van der Waals surface area contributed by atoms with Gasteiger partial charge in [-0.25, -0.2) is 9.37 Å². The molecular formula is C27H25ClFN4O3S2-. The second-order valence-corrected chi connectivity index (χ2v) is 11.0. The van der Waals surface area contributed by atoms with Crippen LogP contribution in [0.25, 0.3) is 11.1 Å². The number of anilines is 3. The van der Waals surface area contributed by atoms with Crippen LogP contribution in [0, 0.1) is 5.82 Å². The smallest absolute Gasteiger partial charge is 0.249 e. The van der Waals surface area contributed by atoms with Gasteiger partial charge in [-0.1, -0.05) is 29.8 Å². The molecule has 1 fully saturated rings. The van der Waals surface area contributed by atoms with E-state index in [1.54, 1.807) is 35.4 Å². The summed E-state index contributed by atoms with van der Waals surface area (Å²) in [5.41, 5.74) is 9.87. The molecular weight excluding hydrogens is 547 g/mol. The topological polar surface area (TPSA) is 103 Å². The Kier molecular flexibility index (Phi) is 7.75. The van der Waals surface area contributed by atoms with E-state index < -0.39 is 16.9 Å². The van der Waals surface area contributed by atoms with Gasteiger partial charge in [0.05, 0.1) is 5.02 Å². The van der Waals surface area contributed by atoms with Crippen LogP contribution in [0.4, 0.5) is 20.9 Å². The van der Waals surface area contributed by atoms with Crippen molar-refractivity contribution in [3.05, 3.63) is 88.6 Å². The number of thiazole rings is 1. The highest BCUT2D eigenvalue weighted by atomic mass is 35.5. The van der Waals surface area contributed by atoms with Gasteiger partial charge in [0.15, 0.2) is 5.13 Å². The molecule has 7 nitrogen and oxygen atoms in total. The van der Waals surface area contributed by atoms with Gasteiger partial charge in [-0.2, -0.15) is 0 Å². The molecule has 0 radical (unpaired) electrons. The van der Waals surface area contributed by atoms with Gasteiger partial charge in [-0.05, 0) is 83.1 Å². The number of halogens is 2. The molecule has 11 heteroatoms. The minimum absolute atomic E-state index is 0. The zero-order valence-corrected chi connectivity index (χ0v) is 22.4. The Morgan fingerprint density at radius 3 is 2.58 bits per heavy atom. The predicted octanol–water partition coefficient (Wildman–Crippen LogP) is 5.52. The summed E-state index contributed by atoms with van der Waals surface area (Å²) in [6.07, 6.45) is 3.15. The van der Waals surface area contributed by atoms with E-state index in [1.165, 1.54) is 29.5 Å². The summed E-state index contributed by atoms with van der Waals surface area (Å²) >= 11 is 5.15. The van der Waals surface area contributed by atoms with E-state index in [2.05, 4.69) is 9.88 Å². The average Bonchev–Trinajstić information content (AvgIpc) is 3.66. The summed E-state index contributed by atoms with van der Waals surface area (Å²) in [4.78, 5) is 21.0. The first-order chi connectivity index (χ1) is 18.3. The Balaban J connectivity index is 0.000000447. The third kappa shape index (κ3) is 5.30. The fourth-order valence-electron chi connectivity index (χ4n) is 4.90. The molecule has 1 amide bonds. The Bertz CT molecular complexity index is 1490. The summed E-state index contributed by atoms with van der Waals surface area (Å²) in [5, 5.41) is 2.56. The number of amides is 1. The molecule has 198 valence electrons. The Morgan fingerprint density at radius 1 is 1.16 bits per heavy atom. The highest BCUT2D eigenvalue weighted by Crippen LogP contribution is 2.40. The summed E-state index contributed by atoms with van der Waals surface area (Å²) in [7, 11) is 0. The molecule has 0 saturated carbocycles. The quantitative estimate of drug-likeness (QED) is 0.323. The number of nitrogen functional groups attached to an aromatic ring is 1. The van der Waals surface area contributed by atoms with Crippen molar-refractivity contribution >= 4 is 56.4 Å². The van der Waals surface area contributed by atoms with Gasteiger partial charge in [0.2, 0.25) is 5.91 Å². The van der Waals surface area contributed by atoms with Crippen molar-refractivity contribution in [1.82, 2.24) is 4.98 Å². The number of fused-ring (bicyclic) bond motifs is 1. The Morgan fingerprint density at radius 2 is 1.95 bits per heavy atom. The van der Waals surface area contributed by atoms with E-state index in [0.29, 0.717) is 23.8 Å². The van der Waals surface area contributed by atoms with Crippen LogP contribution in [-0.4, -0.2) is 38.8 Å². The molecule has 2 atom stereocenters. The van der Waals surface area contributed by atoms with Crippen LogP contribution in [-0.2, 0) is 22.3 Å². The van der Waals surface area contributed by atoms with Crippen molar-refractivity contribution in [2.24, 2.45) is 0 Å². The predicted molar refractivity (Wildman–Crippen MR) is 151 cm³/mol. The zero-order chi connectivity index (χ0) is 26.8. The average molecular weight is 572 g/mol. The van der Waals surface area contributed by atoms with Gasteiger partial charge >= 0.3 is 0 Å². The van der Waals surface area contributed by atoms with Gasteiger partial charge in [0.25, 0.3) is 0 Å². The first-order valence-electron chi connectivity index (χ1n) is 11.8. The van der Waals surface area contributed by atoms with Crippen molar-refractivity contribution in [2.75, 3.05) is 28.6 Å². The van der Waals surface area contributed by atoms with Crippen molar-refractivity contribution in [3.8, 4) is 11.1 Å². The standard InChI is InChI=1S/C24H20ClFN2O3S.C3H4N2S.H2/c25-20-14-15(4-9-21(20)26)18-2-1-3-22-19(18)10-12-28(22)23-11-13-27(24(23)29)16-5-7-17(8-6-16)32(30)31;4-3-5-1-2-6-3;/h1-9,14,23H,10-13H2,(H,30,31);1-2H,(H2,4,5);1H/p-1/t23-;;/m0../s1. The lowest BCUT2D eigenvalue weighted by molar-refractivity contribution is -0.118. The number of hydrogen-bond donors (Lipinski definition) is 1. The number of carbonyl (C=O) groups is 1. The first kappa shape index (κ1) is 26.3. The highest BCUT2D eigenvalue weighted by Gasteiger charge is 2.39. The molecule has 1 saturated heterocycles. The van der Waals surface area contributed by atoms with Gasteiger partial charge in [0.1, 0.15) is 11.9 Å². The molecule has 1 unspecified atom stereocenters. The van der Waals surface area contributed by atoms with Crippen LogP contribution in [0.15, 0.2) is 77.1 Å². The molecule has 2 N–H and O–H groups in total. The van der Waals surface area contributed by atoms with E-state index >= 15 is 0 Å². The number of nitrogens with two attached hydrogens (primary N) is 1. The second-order valence-electron chi connectivity index (χ2n) is 8.77. The Labute approximate surface area is 232 Å². The summed E-state index contributed by atoms with van der Waals surface area (Å²) in [6, 6.07) is 16.8. The monoisotopic (exact) mass is 571 g/mol. The van der Waals surface area contributed by atoms with Crippen LogP contribution in [0.3, 0.4) is 0 Å². The van der Waals surface area contributed by atoms with E-state index in [-0.39, 0.29) is 23.3 Å². The summed E-state index contributed by atoms with van der Waals surface area (Å²) < 4.78 is 35.8. The number of benzene rings is 3. The maximum Gasteiger partial charge on any atom is 0.249 e. The molecule has 1 aromatic heterocycles. The van der Waals surface area contributed by atoms with Gasteiger partial charge in [-0.15, -0.1) is 11.3 Å². The molecule has 2 aliphatic heterocycles. The Hall–Kier alpha value is -3.31. The van der Waals surface area contributed by atoms with Crippen molar-refractivity contribution in [1.29, 1.82) is 0 Å². The minimum atomic E-state index is -2.29. The highest BCUT2D eigenvalue weighted by molar-refractivity contribution is 7.79.